The zero-order valence-electron chi connectivity index (χ0n) is 13.7. The number of nitrogens with zero attached hydrogens (tertiary/aromatic N) is 4. The van der Waals surface area contributed by atoms with E-state index in [1.165, 1.54) is 17.8 Å². The molecule has 0 radical (unpaired) electrons. The molecule has 2 aromatic carbocycles. The molecule has 0 fully saturated rings. The normalized spacial score (nSPS) is 10.8. The van der Waals surface area contributed by atoms with Crippen molar-refractivity contribution in [1.29, 1.82) is 0 Å². The van der Waals surface area contributed by atoms with E-state index in [0.717, 1.165) is 21.4 Å². The van der Waals surface area contributed by atoms with E-state index in [2.05, 4.69) is 10.4 Å². The van der Waals surface area contributed by atoms with Crippen LogP contribution >= 0.6 is 0 Å². The Hall–Kier alpha value is -2.96. The molecular formula is C17H17FN4O2. The van der Waals surface area contributed by atoms with Crippen LogP contribution in [0.4, 0.5) is 4.39 Å². The van der Waals surface area contributed by atoms with E-state index in [0.29, 0.717) is 5.69 Å². The molecule has 0 N–H and O–H groups in total. The lowest BCUT2D eigenvalue weighted by Gasteiger charge is -2.13. The summed E-state index contributed by atoms with van der Waals surface area (Å²) in [6.07, 6.45) is 0. The number of hydrogen-bond acceptors (Lipinski definition) is 4. The first kappa shape index (κ1) is 15.9. The van der Waals surface area contributed by atoms with Gasteiger partial charge in [-0.1, -0.05) is 18.2 Å². The molecule has 0 saturated heterocycles. The third-order valence-corrected chi connectivity index (χ3v) is 3.79. The summed E-state index contributed by atoms with van der Waals surface area (Å²) in [6.45, 7) is 3.83. The largest absolute Gasteiger partial charge is 0.486 e. The number of halogens is 1. The summed E-state index contributed by atoms with van der Waals surface area (Å²) in [5.74, 6) is -0.247. The molecule has 0 atom stereocenters. The maximum Gasteiger partial charge on any atom is 0.368 e. The highest BCUT2D eigenvalue weighted by Crippen LogP contribution is 2.22. The highest BCUT2D eigenvalue weighted by Gasteiger charge is 2.14. The van der Waals surface area contributed by atoms with Crippen molar-refractivity contribution in [1.82, 2.24) is 19.8 Å². The van der Waals surface area contributed by atoms with Crippen molar-refractivity contribution in [2.75, 3.05) is 0 Å². The summed E-state index contributed by atoms with van der Waals surface area (Å²) in [7, 11) is 1.53. The third kappa shape index (κ3) is 2.92. The lowest BCUT2D eigenvalue weighted by molar-refractivity contribution is 0.289. The molecule has 124 valence electrons. The van der Waals surface area contributed by atoms with Crippen molar-refractivity contribution < 1.29 is 9.13 Å². The molecule has 6 nitrogen and oxygen atoms in total. The van der Waals surface area contributed by atoms with Gasteiger partial charge < -0.3 is 4.74 Å². The van der Waals surface area contributed by atoms with Crippen LogP contribution in [0.25, 0.3) is 5.69 Å². The van der Waals surface area contributed by atoms with Crippen LogP contribution < -0.4 is 10.4 Å². The predicted molar refractivity (Wildman–Crippen MR) is 86.8 cm³/mol. The van der Waals surface area contributed by atoms with Crippen LogP contribution in [0.3, 0.4) is 0 Å². The Morgan fingerprint density at radius 3 is 2.62 bits per heavy atom. The second-order valence-corrected chi connectivity index (χ2v) is 5.59. The van der Waals surface area contributed by atoms with Gasteiger partial charge in [-0.15, -0.1) is 0 Å². The molecule has 0 aliphatic carbocycles. The standard InChI is InChI=1S/C17H17FN4O2/c1-11-7-8-16(14(18)9-11)24-10-13-12(2)5-4-6-15(13)22-17(23)21(3)19-20-22/h4-9H,10H2,1-3H3. The minimum absolute atomic E-state index is 0.116. The Bertz CT molecular complexity index is 946. The maximum absolute atomic E-state index is 13.9. The zero-order valence-corrected chi connectivity index (χ0v) is 13.7. The quantitative estimate of drug-likeness (QED) is 0.737. The molecule has 0 aliphatic heterocycles. The van der Waals surface area contributed by atoms with Crippen LogP contribution in [0.1, 0.15) is 16.7 Å². The Kier molecular flexibility index (Phi) is 4.16. The van der Waals surface area contributed by atoms with Crippen LogP contribution in [-0.4, -0.2) is 19.8 Å². The van der Waals surface area contributed by atoms with Gasteiger partial charge in [-0.2, -0.15) is 9.36 Å². The van der Waals surface area contributed by atoms with Gasteiger partial charge in [0.25, 0.3) is 0 Å². The number of benzene rings is 2. The van der Waals surface area contributed by atoms with Gasteiger partial charge in [-0.3, -0.25) is 0 Å². The van der Waals surface area contributed by atoms with E-state index in [9.17, 15) is 9.18 Å². The monoisotopic (exact) mass is 328 g/mol. The van der Waals surface area contributed by atoms with Crippen LogP contribution in [0.5, 0.6) is 5.75 Å². The smallest absolute Gasteiger partial charge is 0.368 e. The summed E-state index contributed by atoms with van der Waals surface area (Å²) in [5, 5.41) is 7.58. The highest BCUT2D eigenvalue weighted by molar-refractivity contribution is 5.44. The molecule has 0 saturated carbocycles. The average Bonchev–Trinajstić information content (AvgIpc) is 2.87. The molecule has 1 aromatic heterocycles. The zero-order chi connectivity index (χ0) is 17.3. The van der Waals surface area contributed by atoms with E-state index in [1.807, 2.05) is 26.0 Å². The topological polar surface area (TPSA) is 61.9 Å². The molecule has 1 heterocycles. The first-order valence-corrected chi connectivity index (χ1v) is 7.44. The molecular weight excluding hydrogens is 311 g/mol. The second kappa shape index (κ2) is 6.27. The Balaban J connectivity index is 1.96. The highest BCUT2D eigenvalue weighted by atomic mass is 19.1. The number of aryl methyl sites for hydroxylation is 3. The van der Waals surface area contributed by atoms with Crippen molar-refractivity contribution in [2.24, 2.45) is 7.05 Å². The van der Waals surface area contributed by atoms with E-state index in [4.69, 9.17) is 4.74 Å². The third-order valence-electron chi connectivity index (χ3n) is 3.79. The van der Waals surface area contributed by atoms with E-state index in [1.54, 1.807) is 18.2 Å². The molecule has 3 aromatic rings. The maximum atomic E-state index is 13.9. The molecule has 0 unspecified atom stereocenters. The van der Waals surface area contributed by atoms with Crippen LogP contribution in [0, 0.1) is 19.7 Å². The summed E-state index contributed by atoms with van der Waals surface area (Å²) < 4.78 is 21.9. The fraction of sp³-hybridized carbons (Fsp3) is 0.235. The minimum atomic E-state index is -0.415. The molecule has 24 heavy (non-hydrogen) atoms. The van der Waals surface area contributed by atoms with Gasteiger partial charge >= 0.3 is 5.69 Å². The average molecular weight is 328 g/mol. The van der Waals surface area contributed by atoms with Gasteiger partial charge in [-0.05, 0) is 53.6 Å². The number of rotatable bonds is 4. The number of aromatic nitrogens is 4. The molecule has 0 amide bonds. The lowest BCUT2D eigenvalue weighted by Crippen LogP contribution is -2.23. The summed E-state index contributed by atoms with van der Waals surface area (Å²) in [4.78, 5) is 12.1. The molecule has 3 rings (SSSR count). The summed E-state index contributed by atoms with van der Waals surface area (Å²) in [6, 6.07) is 10.3. The first-order chi connectivity index (χ1) is 11.5. The van der Waals surface area contributed by atoms with Crippen molar-refractivity contribution >= 4 is 0 Å². The van der Waals surface area contributed by atoms with Gasteiger partial charge in [0, 0.05) is 12.6 Å². The fourth-order valence-corrected chi connectivity index (χ4v) is 2.41. The van der Waals surface area contributed by atoms with Gasteiger partial charge in [0.2, 0.25) is 0 Å². The minimum Gasteiger partial charge on any atom is -0.486 e. The summed E-state index contributed by atoms with van der Waals surface area (Å²) >= 11 is 0. The van der Waals surface area contributed by atoms with Crippen LogP contribution in [0.2, 0.25) is 0 Å². The van der Waals surface area contributed by atoms with Crippen molar-refractivity contribution in [3.8, 4) is 11.4 Å². The lowest BCUT2D eigenvalue weighted by atomic mass is 10.1. The molecule has 0 bridgehead atoms. The van der Waals surface area contributed by atoms with Crippen LogP contribution in [-0.2, 0) is 13.7 Å². The fourth-order valence-electron chi connectivity index (χ4n) is 2.41. The number of hydrogen-bond donors (Lipinski definition) is 0. The van der Waals surface area contributed by atoms with Crippen molar-refractivity contribution in [3.63, 3.8) is 0 Å². The second-order valence-electron chi connectivity index (χ2n) is 5.59. The molecule has 0 spiro atoms. The van der Waals surface area contributed by atoms with Gasteiger partial charge in [-0.25, -0.2) is 9.18 Å². The predicted octanol–water partition coefficient (Wildman–Crippen LogP) is 2.30. The molecule has 7 heteroatoms. The first-order valence-electron chi connectivity index (χ1n) is 7.44. The van der Waals surface area contributed by atoms with Crippen LogP contribution in [0.15, 0.2) is 41.2 Å². The van der Waals surface area contributed by atoms with Gasteiger partial charge in [0.05, 0.1) is 5.69 Å². The Morgan fingerprint density at radius 2 is 1.96 bits per heavy atom. The van der Waals surface area contributed by atoms with Gasteiger partial charge in [0.15, 0.2) is 11.6 Å². The SMILES string of the molecule is Cc1ccc(OCc2c(C)cccc2-n2nnn(C)c2=O)c(F)c1. The van der Waals surface area contributed by atoms with Crippen molar-refractivity contribution in [2.45, 2.75) is 20.5 Å². The Morgan fingerprint density at radius 1 is 1.17 bits per heavy atom. The summed E-state index contributed by atoms with van der Waals surface area (Å²) in [5.41, 5.74) is 2.70. The Labute approximate surface area is 138 Å². The van der Waals surface area contributed by atoms with E-state index < -0.39 is 5.82 Å². The van der Waals surface area contributed by atoms with Crippen molar-refractivity contribution in [3.05, 3.63) is 69.4 Å². The van der Waals surface area contributed by atoms with E-state index >= 15 is 0 Å². The number of ether oxygens (including phenoxy) is 1. The van der Waals surface area contributed by atoms with E-state index in [-0.39, 0.29) is 18.0 Å². The number of tetrazole rings is 1. The van der Waals surface area contributed by atoms with Gasteiger partial charge in [0.1, 0.15) is 6.61 Å². The molecule has 0 aliphatic rings.